The number of rotatable bonds is 7. The molecule has 6 rings (SSSR count). The summed E-state index contributed by atoms with van der Waals surface area (Å²) in [5.41, 5.74) is 1.66. The summed E-state index contributed by atoms with van der Waals surface area (Å²) in [4.78, 5) is 41.7. The molecular formula is C27H36N10O. The number of fused-ring (bicyclic) bond motifs is 2. The van der Waals surface area contributed by atoms with Crippen molar-refractivity contribution in [3.8, 4) is 0 Å². The van der Waals surface area contributed by atoms with Crippen LogP contribution in [0, 0.1) is 0 Å². The molecule has 38 heavy (non-hydrogen) atoms. The Morgan fingerprint density at radius 1 is 0.842 bits per heavy atom. The molecule has 2 saturated heterocycles. The minimum atomic E-state index is 0.170. The highest BCUT2D eigenvalue weighted by Gasteiger charge is 2.31. The number of anilines is 2. The molecule has 0 bridgehead atoms. The first-order chi connectivity index (χ1) is 18.5. The molecule has 2 fully saturated rings. The molecule has 0 spiro atoms. The molecule has 11 heteroatoms. The van der Waals surface area contributed by atoms with Crippen LogP contribution in [0.5, 0.6) is 0 Å². The van der Waals surface area contributed by atoms with E-state index in [2.05, 4.69) is 64.2 Å². The van der Waals surface area contributed by atoms with Crippen LogP contribution in [-0.2, 0) is 4.79 Å². The van der Waals surface area contributed by atoms with Gasteiger partial charge in [-0.2, -0.15) is 0 Å². The monoisotopic (exact) mass is 516 g/mol. The molecule has 0 aliphatic carbocycles. The first-order valence-electron chi connectivity index (χ1n) is 13.7. The number of hydrogen-bond acceptors (Lipinski definition) is 8. The van der Waals surface area contributed by atoms with E-state index in [1.807, 2.05) is 24.5 Å². The topological polar surface area (TPSA) is 131 Å². The Kier molecular flexibility index (Phi) is 6.84. The predicted molar refractivity (Wildman–Crippen MR) is 148 cm³/mol. The van der Waals surface area contributed by atoms with Gasteiger partial charge in [-0.3, -0.25) is 9.69 Å². The minimum Gasteiger partial charge on any atom is -0.365 e. The van der Waals surface area contributed by atoms with Crippen LogP contribution in [0.25, 0.3) is 22.1 Å². The molecule has 0 saturated carbocycles. The van der Waals surface area contributed by atoms with E-state index < -0.39 is 0 Å². The summed E-state index contributed by atoms with van der Waals surface area (Å²) in [5, 5.41) is 9.19. The normalized spacial score (nSPS) is 24.6. The highest BCUT2D eigenvalue weighted by Crippen LogP contribution is 2.26. The predicted octanol–water partition coefficient (Wildman–Crippen LogP) is 3.38. The zero-order valence-corrected chi connectivity index (χ0v) is 22.0. The van der Waals surface area contributed by atoms with Gasteiger partial charge in [0.2, 0.25) is 5.91 Å². The summed E-state index contributed by atoms with van der Waals surface area (Å²) >= 11 is 0. The molecule has 0 unspecified atom stereocenters. The zero-order valence-electron chi connectivity index (χ0n) is 22.0. The summed E-state index contributed by atoms with van der Waals surface area (Å²) in [5.74, 6) is 1.92. The third-order valence-corrected chi connectivity index (χ3v) is 8.22. The van der Waals surface area contributed by atoms with Crippen molar-refractivity contribution in [2.45, 2.75) is 70.1 Å². The molecule has 1 amide bonds. The lowest BCUT2D eigenvalue weighted by Crippen LogP contribution is -2.51. The first kappa shape index (κ1) is 24.6. The Morgan fingerprint density at radius 3 is 2.05 bits per heavy atom. The molecule has 11 nitrogen and oxygen atoms in total. The van der Waals surface area contributed by atoms with E-state index in [0.717, 1.165) is 72.5 Å². The minimum absolute atomic E-state index is 0.170. The van der Waals surface area contributed by atoms with Crippen LogP contribution in [0.15, 0.2) is 37.2 Å². The third-order valence-electron chi connectivity index (χ3n) is 8.22. The molecular weight excluding hydrogens is 480 g/mol. The Balaban J connectivity index is 1.05. The van der Waals surface area contributed by atoms with E-state index in [-0.39, 0.29) is 24.0 Å². The van der Waals surface area contributed by atoms with Crippen molar-refractivity contribution in [1.29, 1.82) is 0 Å². The summed E-state index contributed by atoms with van der Waals surface area (Å²) in [7, 11) is 0. The molecule has 0 radical (unpaired) electrons. The molecule has 2 aliphatic heterocycles. The van der Waals surface area contributed by atoms with Crippen LogP contribution in [0.3, 0.4) is 0 Å². The van der Waals surface area contributed by atoms with Gasteiger partial charge in [-0.25, -0.2) is 19.9 Å². The molecule has 4 aromatic heterocycles. The van der Waals surface area contributed by atoms with Gasteiger partial charge in [0.1, 0.15) is 35.6 Å². The van der Waals surface area contributed by atoms with Crippen LogP contribution in [0.2, 0.25) is 0 Å². The maximum Gasteiger partial charge on any atom is 0.224 e. The average molecular weight is 517 g/mol. The lowest BCUT2D eigenvalue weighted by molar-refractivity contribution is -0.135. The number of amides is 1. The van der Waals surface area contributed by atoms with Gasteiger partial charge in [-0.05, 0) is 51.7 Å². The van der Waals surface area contributed by atoms with Gasteiger partial charge in [-0.1, -0.05) is 0 Å². The molecule has 2 aliphatic rings. The summed E-state index contributed by atoms with van der Waals surface area (Å²) < 4.78 is 0. The smallest absolute Gasteiger partial charge is 0.224 e. The maximum absolute atomic E-state index is 13.4. The van der Waals surface area contributed by atoms with Gasteiger partial charge in [0, 0.05) is 62.6 Å². The van der Waals surface area contributed by atoms with E-state index in [4.69, 9.17) is 0 Å². The number of nitrogens with zero attached hydrogens (tertiary/aromatic N) is 6. The van der Waals surface area contributed by atoms with Crippen molar-refractivity contribution in [1.82, 2.24) is 39.7 Å². The fourth-order valence-corrected chi connectivity index (χ4v) is 5.93. The third kappa shape index (κ3) is 5.02. The van der Waals surface area contributed by atoms with E-state index in [1.54, 1.807) is 12.7 Å². The second-order valence-corrected chi connectivity index (χ2v) is 10.8. The van der Waals surface area contributed by atoms with Crippen molar-refractivity contribution in [2.24, 2.45) is 0 Å². The Hall–Kier alpha value is -3.73. The molecule has 0 aromatic carbocycles. The largest absolute Gasteiger partial charge is 0.365 e. The van der Waals surface area contributed by atoms with Crippen LogP contribution in [0.1, 0.15) is 46.0 Å². The quantitative estimate of drug-likeness (QED) is 0.294. The first-order valence-corrected chi connectivity index (χ1v) is 13.7. The van der Waals surface area contributed by atoms with Crippen LogP contribution in [-0.4, -0.2) is 89.4 Å². The molecule has 4 N–H and O–H groups in total. The lowest BCUT2D eigenvalue weighted by atomic mass is 9.97. The van der Waals surface area contributed by atoms with Gasteiger partial charge >= 0.3 is 0 Å². The van der Waals surface area contributed by atoms with Crippen molar-refractivity contribution in [2.75, 3.05) is 30.3 Å². The second kappa shape index (κ2) is 10.6. The van der Waals surface area contributed by atoms with E-state index in [1.165, 1.54) is 0 Å². The zero-order chi connectivity index (χ0) is 26.1. The van der Waals surface area contributed by atoms with Crippen molar-refractivity contribution < 1.29 is 4.79 Å². The number of carbonyl (C=O) groups is 1. The summed E-state index contributed by atoms with van der Waals surface area (Å²) in [6.45, 7) is 6.78. The standard InChI is InChI=1S/C27H36N10O/c1-17-3-5-19(34-26-21-7-10-28-24(21)30-15-32-26)13-36(17)12-9-23(38)37-14-20(6-4-18(37)2)35-27-22-8-11-29-25(22)31-16-33-27/h7-8,10-11,15-20H,3-6,9,12-14H2,1-2H3,(H2,28,30,32,34)(H2,29,31,33,35)/t17-,18-,19+,20+/m0/s1. The second-order valence-electron chi connectivity index (χ2n) is 10.8. The Bertz CT molecular complexity index is 1400. The lowest BCUT2D eigenvalue weighted by Gasteiger charge is -2.40. The van der Waals surface area contributed by atoms with Gasteiger partial charge in [0.05, 0.1) is 10.8 Å². The molecule has 4 aromatic rings. The highest BCUT2D eigenvalue weighted by molar-refractivity contribution is 5.87. The van der Waals surface area contributed by atoms with Gasteiger partial charge in [0.25, 0.3) is 0 Å². The van der Waals surface area contributed by atoms with Crippen molar-refractivity contribution in [3.63, 3.8) is 0 Å². The van der Waals surface area contributed by atoms with Gasteiger partial charge < -0.3 is 25.5 Å². The number of nitrogens with one attached hydrogen (secondary N) is 4. The van der Waals surface area contributed by atoms with Gasteiger partial charge in [-0.15, -0.1) is 0 Å². The number of aromatic amines is 2. The fraction of sp³-hybridized carbons (Fsp3) is 0.519. The molecule has 6 heterocycles. The summed E-state index contributed by atoms with van der Waals surface area (Å²) in [6, 6.07) is 5.15. The fourth-order valence-electron chi connectivity index (χ4n) is 5.93. The molecule has 4 atom stereocenters. The Morgan fingerprint density at radius 2 is 1.42 bits per heavy atom. The number of carbonyl (C=O) groups excluding carboxylic acids is 1. The number of H-pyrrole nitrogens is 2. The molecule has 200 valence electrons. The van der Waals surface area contributed by atoms with Crippen LogP contribution < -0.4 is 10.6 Å². The Labute approximate surface area is 221 Å². The summed E-state index contributed by atoms with van der Waals surface area (Å²) in [6.07, 6.45) is 11.6. The maximum atomic E-state index is 13.4. The van der Waals surface area contributed by atoms with Crippen molar-refractivity contribution >= 4 is 39.6 Å². The van der Waals surface area contributed by atoms with E-state index >= 15 is 0 Å². The average Bonchev–Trinajstić information content (AvgIpc) is 3.61. The number of piperidine rings is 2. The highest BCUT2D eigenvalue weighted by atomic mass is 16.2. The van der Waals surface area contributed by atoms with E-state index in [9.17, 15) is 4.79 Å². The van der Waals surface area contributed by atoms with Crippen LogP contribution in [0.4, 0.5) is 11.6 Å². The number of likely N-dealkylation sites (tertiary alicyclic amines) is 2. The van der Waals surface area contributed by atoms with E-state index in [0.29, 0.717) is 19.0 Å². The number of aromatic nitrogens is 6. The SMILES string of the molecule is C[C@H]1CC[C@@H](Nc2ncnc3[nH]ccc23)CN1CCC(=O)N1C[C@H](Nc2ncnc3[nH]ccc23)CC[C@@H]1C. The van der Waals surface area contributed by atoms with Crippen molar-refractivity contribution in [3.05, 3.63) is 37.2 Å². The van der Waals surface area contributed by atoms with Crippen LogP contribution >= 0.6 is 0 Å². The van der Waals surface area contributed by atoms with Gasteiger partial charge in [0.15, 0.2) is 0 Å². The number of hydrogen-bond donors (Lipinski definition) is 4.